The minimum absolute atomic E-state index is 0.0145. The summed E-state index contributed by atoms with van der Waals surface area (Å²) in [5.41, 5.74) is 0.418. The highest BCUT2D eigenvalue weighted by molar-refractivity contribution is 5.99. The molecule has 1 aliphatic rings. The van der Waals surface area contributed by atoms with Crippen LogP contribution in [0.4, 0.5) is 11.5 Å². The van der Waals surface area contributed by atoms with E-state index in [0.717, 1.165) is 56.2 Å². The highest BCUT2D eigenvalue weighted by Gasteiger charge is 2.19. The number of nitrogens with one attached hydrogen (secondary N) is 1. The van der Waals surface area contributed by atoms with E-state index in [1.54, 1.807) is 13.1 Å². The molecule has 32 heavy (non-hydrogen) atoms. The minimum Gasteiger partial charge on any atom is -0.462 e. The van der Waals surface area contributed by atoms with E-state index in [0.29, 0.717) is 0 Å². The van der Waals surface area contributed by atoms with Crippen LogP contribution >= 0.6 is 0 Å². The molecule has 2 aromatic rings. The molecule has 2 heterocycles. The van der Waals surface area contributed by atoms with Crippen molar-refractivity contribution in [2.24, 2.45) is 0 Å². The molecule has 1 aromatic heterocycles. The number of amides is 1. The summed E-state index contributed by atoms with van der Waals surface area (Å²) >= 11 is 0. The molecule has 0 spiro atoms. The number of non-ortho nitro benzene ring substituents is 1. The first-order valence-electron chi connectivity index (χ1n) is 10.6. The topological polar surface area (TPSA) is 118 Å². The van der Waals surface area contributed by atoms with Crippen LogP contribution in [0.3, 0.4) is 0 Å². The fourth-order valence-electron chi connectivity index (χ4n) is 3.47. The van der Waals surface area contributed by atoms with Gasteiger partial charge in [-0.05, 0) is 31.2 Å². The zero-order valence-electron chi connectivity index (χ0n) is 18.2. The largest absolute Gasteiger partial charge is 0.462 e. The summed E-state index contributed by atoms with van der Waals surface area (Å²) in [5, 5.41) is 13.9. The quantitative estimate of drug-likeness (QED) is 0.376. The number of aromatic nitrogens is 1. The summed E-state index contributed by atoms with van der Waals surface area (Å²) in [6.45, 7) is 9.02. The van der Waals surface area contributed by atoms with E-state index in [1.165, 1.54) is 6.07 Å². The van der Waals surface area contributed by atoms with Gasteiger partial charge in [0.05, 0.1) is 17.1 Å². The van der Waals surface area contributed by atoms with E-state index >= 15 is 0 Å². The number of piperazine rings is 1. The smallest absolute Gasteiger partial charge is 0.338 e. The number of likely N-dealkylation sites (N-methyl/N-ethyl adjacent to an activating group) is 1. The minimum atomic E-state index is -0.718. The molecule has 1 amide bonds. The second-order valence-electron chi connectivity index (χ2n) is 7.37. The van der Waals surface area contributed by atoms with Crippen molar-refractivity contribution in [1.29, 1.82) is 0 Å². The van der Waals surface area contributed by atoms with Gasteiger partial charge in [0.25, 0.3) is 11.6 Å². The molecule has 0 saturated carbocycles. The van der Waals surface area contributed by atoms with Crippen molar-refractivity contribution in [2.45, 2.75) is 20.4 Å². The van der Waals surface area contributed by atoms with Crippen molar-refractivity contribution < 1.29 is 19.2 Å². The molecule has 1 fully saturated rings. The fraction of sp³-hybridized carbons (Fsp3) is 0.409. The molecule has 170 valence electrons. The number of esters is 1. The Morgan fingerprint density at radius 2 is 1.84 bits per heavy atom. The van der Waals surface area contributed by atoms with Gasteiger partial charge in [-0.15, -0.1) is 0 Å². The van der Waals surface area contributed by atoms with Crippen LogP contribution in [0, 0.1) is 10.1 Å². The van der Waals surface area contributed by atoms with Crippen LogP contribution in [-0.2, 0) is 11.3 Å². The third-order valence-electron chi connectivity index (χ3n) is 5.31. The number of anilines is 1. The van der Waals surface area contributed by atoms with Gasteiger partial charge in [0.1, 0.15) is 5.82 Å². The van der Waals surface area contributed by atoms with Crippen molar-refractivity contribution in [3.05, 3.63) is 63.3 Å². The van der Waals surface area contributed by atoms with Crippen LogP contribution in [0.1, 0.15) is 40.1 Å². The molecule has 0 aliphatic carbocycles. The average molecular weight is 441 g/mol. The fourth-order valence-corrected chi connectivity index (χ4v) is 3.47. The van der Waals surface area contributed by atoms with E-state index in [-0.39, 0.29) is 30.0 Å². The molecule has 3 rings (SSSR count). The van der Waals surface area contributed by atoms with Gasteiger partial charge in [0.15, 0.2) is 0 Å². The lowest BCUT2D eigenvalue weighted by atomic mass is 10.1. The van der Waals surface area contributed by atoms with E-state index < -0.39 is 16.8 Å². The van der Waals surface area contributed by atoms with Crippen molar-refractivity contribution >= 4 is 23.4 Å². The van der Waals surface area contributed by atoms with Gasteiger partial charge in [-0.3, -0.25) is 14.9 Å². The number of hydrogen-bond acceptors (Lipinski definition) is 8. The molecule has 0 unspecified atom stereocenters. The lowest BCUT2D eigenvalue weighted by molar-refractivity contribution is -0.384. The highest BCUT2D eigenvalue weighted by atomic mass is 16.6. The summed E-state index contributed by atoms with van der Waals surface area (Å²) in [5.74, 6) is -0.350. The normalized spacial score (nSPS) is 14.1. The molecule has 0 atom stereocenters. The Kier molecular flexibility index (Phi) is 7.72. The Morgan fingerprint density at radius 3 is 2.44 bits per heavy atom. The maximum Gasteiger partial charge on any atom is 0.338 e. The SMILES string of the molecule is CCOC(=O)c1cc(C(=O)NCc2ccc(N3CCN(CC)CC3)nc2)cc([N+](=O)[O-])c1. The highest BCUT2D eigenvalue weighted by Crippen LogP contribution is 2.19. The third kappa shape index (κ3) is 5.79. The van der Waals surface area contributed by atoms with E-state index in [1.807, 2.05) is 12.1 Å². The molecule has 10 heteroatoms. The van der Waals surface area contributed by atoms with E-state index in [9.17, 15) is 19.7 Å². The number of rotatable bonds is 8. The number of ether oxygens (including phenoxy) is 1. The van der Waals surface area contributed by atoms with Gasteiger partial charge < -0.3 is 19.9 Å². The van der Waals surface area contributed by atoms with Gasteiger partial charge in [0, 0.05) is 56.6 Å². The Labute approximate surface area is 186 Å². The van der Waals surface area contributed by atoms with Gasteiger partial charge in [-0.1, -0.05) is 13.0 Å². The van der Waals surface area contributed by atoms with Crippen LogP contribution in [0.2, 0.25) is 0 Å². The van der Waals surface area contributed by atoms with Crippen LogP contribution < -0.4 is 10.2 Å². The molecular formula is C22H27N5O5. The molecule has 0 radical (unpaired) electrons. The van der Waals surface area contributed by atoms with Crippen LogP contribution in [-0.4, -0.2) is 66.0 Å². The summed E-state index contributed by atoms with van der Waals surface area (Å²) < 4.78 is 4.89. The predicted molar refractivity (Wildman–Crippen MR) is 119 cm³/mol. The lowest BCUT2D eigenvalue weighted by Gasteiger charge is -2.34. The third-order valence-corrected chi connectivity index (χ3v) is 5.31. The maximum absolute atomic E-state index is 12.6. The summed E-state index contributed by atoms with van der Waals surface area (Å²) in [7, 11) is 0. The summed E-state index contributed by atoms with van der Waals surface area (Å²) in [4.78, 5) is 44.2. The average Bonchev–Trinajstić information content (AvgIpc) is 2.82. The predicted octanol–water partition coefficient (Wildman–Crippen LogP) is 2.24. The van der Waals surface area contributed by atoms with E-state index in [4.69, 9.17) is 4.74 Å². The summed E-state index contributed by atoms with van der Waals surface area (Å²) in [6.07, 6.45) is 1.71. The molecular weight excluding hydrogens is 414 g/mol. The molecule has 0 bridgehead atoms. The Hall–Kier alpha value is -3.53. The Bertz CT molecular complexity index is 971. The first-order valence-corrected chi connectivity index (χ1v) is 10.6. The van der Waals surface area contributed by atoms with E-state index in [2.05, 4.69) is 27.0 Å². The van der Waals surface area contributed by atoms with Gasteiger partial charge in [0.2, 0.25) is 0 Å². The molecule has 10 nitrogen and oxygen atoms in total. The number of carbonyl (C=O) groups is 2. The van der Waals surface area contributed by atoms with Gasteiger partial charge in [-0.25, -0.2) is 9.78 Å². The lowest BCUT2D eigenvalue weighted by Crippen LogP contribution is -2.46. The molecule has 1 aliphatic heterocycles. The van der Waals surface area contributed by atoms with Gasteiger partial charge >= 0.3 is 5.97 Å². The maximum atomic E-state index is 12.6. The Morgan fingerprint density at radius 1 is 1.12 bits per heavy atom. The van der Waals surface area contributed by atoms with Crippen molar-refractivity contribution in [2.75, 3.05) is 44.2 Å². The first-order chi connectivity index (χ1) is 15.4. The van der Waals surface area contributed by atoms with Gasteiger partial charge in [-0.2, -0.15) is 0 Å². The van der Waals surface area contributed by atoms with Crippen molar-refractivity contribution in [3.8, 4) is 0 Å². The Balaban J connectivity index is 1.64. The number of carbonyl (C=O) groups excluding carboxylic acids is 2. The standard InChI is InChI=1S/C22H27N5O5/c1-3-25-7-9-26(10-8-25)20-6-5-16(14-23-20)15-24-21(28)17-11-18(22(29)32-4-2)13-19(12-17)27(30)31/h5-6,11-14H,3-4,7-10,15H2,1-2H3,(H,24,28). The van der Waals surface area contributed by atoms with Crippen LogP contribution in [0.5, 0.6) is 0 Å². The zero-order valence-corrected chi connectivity index (χ0v) is 18.2. The zero-order chi connectivity index (χ0) is 23.1. The van der Waals surface area contributed by atoms with Crippen LogP contribution in [0.25, 0.3) is 0 Å². The second-order valence-corrected chi connectivity index (χ2v) is 7.37. The second kappa shape index (κ2) is 10.7. The molecule has 1 saturated heterocycles. The van der Waals surface area contributed by atoms with Crippen LogP contribution in [0.15, 0.2) is 36.5 Å². The number of nitro benzene ring substituents is 1. The number of benzene rings is 1. The van der Waals surface area contributed by atoms with Crippen molar-refractivity contribution in [3.63, 3.8) is 0 Å². The summed E-state index contributed by atoms with van der Waals surface area (Å²) in [6, 6.07) is 7.34. The monoisotopic (exact) mass is 441 g/mol. The first kappa shape index (κ1) is 23.1. The number of nitrogens with zero attached hydrogens (tertiary/aromatic N) is 4. The molecule has 1 aromatic carbocycles. The van der Waals surface area contributed by atoms with Crippen molar-refractivity contribution in [1.82, 2.24) is 15.2 Å². The number of nitro groups is 1. The number of pyridine rings is 1. The number of hydrogen-bond donors (Lipinski definition) is 1. The molecule has 1 N–H and O–H groups in total.